The molecule has 0 saturated heterocycles. The number of nitrogens with one attached hydrogen (secondary N) is 1. The summed E-state index contributed by atoms with van der Waals surface area (Å²) in [6.45, 7) is 5.08. The molecule has 0 spiro atoms. The van der Waals surface area contributed by atoms with Crippen molar-refractivity contribution in [1.82, 2.24) is 9.97 Å². The third-order valence-corrected chi connectivity index (χ3v) is 6.41. The molecule has 1 amide bonds. The molecule has 1 heterocycles. The van der Waals surface area contributed by atoms with Crippen molar-refractivity contribution >= 4 is 11.7 Å². The van der Waals surface area contributed by atoms with Crippen LogP contribution in [0.5, 0.6) is 0 Å². The summed E-state index contributed by atoms with van der Waals surface area (Å²) in [7, 11) is 0. The van der Waals surface area contributed by atoms with Crippen molar-refractivity contribution in [3.8, 4) is 11.3 Å². The van der Waals surface area contributed by atoms with Gasteiger partial charge in [0.1, 0.15) is 5.82 Å². The molecule has 9 heteroatoms. The van der Waals surface area contributed by atoms with E-state index in [1.54, 1.807) is 12.1 Å². The van der Waals surface area contributed by atoms with E-state index in [1.165, 1.54) is 18.3 Å². The van der Waals surface area contributed by atoms with Crippen molar-refractivity contribution in [2.45, 2.75) is 65.7 Å². The first-order valence-corrected chi connectivity index (χ1v) is 12.5. The molecule has 1 fully saturated rings. The molecule has 3 aromatic rings. The molecule has 1 aromatic heterocycles. The Hall–Kier alpha value is -3.36. The van der Waals surface area contributed by atoms with Gasteiger partial charge in [-0.15, -0.1) is 0 Å². The van der Waals surface area contributed by atoms with Crippen molar-refractivity contribution in [3.63, 3.8) is 0 Å². The lowest BCUT2D eigenvalue weighted by molar-refractivity contribution is -0.115. The molecule has 37 heavy (non-hydrogen) atoms. The number of hydrogen-bond donors (Lipinski definition) is 1. The zero-order valence-electron chi connectivity index (χ0n) is 21.1. The monoisotopic (exact) mass is 519 g/mol. The number of rotatable bonds is 6. The molecule has 1 saturated carbocycles. The van der Waals surface area contributed by atoms with Crippen LogP contribution in [0, 0.1) is 41.9 Å². The number of hydrogen-bond acceptors (Lipinski definition) is 3. The summed E-state index contributed by atoms with van der Waals surface area (Å²) in [6.07, 6.45) is 6.63. The molecule has 4 nitrogen and oxygen atoms in total. The van der Waals surface area contributed by atoms with E-state index in [0.717, 1.165) is 39.0 Å². The van der Waals surface area contributed by atoms with Crippen LogP contribution in [0.2, 0.25) is 0 Å². The number of anilines is 1. The average molecular weight is 520 g/mol. The summed E-state index contributed by atoms with van der Waals surface area (Å²) in [5.74, 6) is -7.66. The second-order valence-electron chi connectivity index (χ2n) is 8.85. The van der Waals surface area contributed by atoms with Gasteiger partial charge in [-0.2, -0.15) is 0 Å². The maximum absolute atomic E-state index is 14.2. The van der Waals surface area contributed by atoms with Gasteiger partial charge in [0.15, 0.2) is 29.1 Å². The maximum atomic E-state index is 14.2. The fraction of sp³-hybridized carbons (Fsp3) is 0.393. The second kappa shape index (κ2) is 12.7. The summed E-state index contributed by atoms with van der Waals surface area (Å²) in [6, 6.07) is 5.77. The van der Waals surface area contributed by atoms with E-state index in [0.29, 0.717) is 29.3 Å². The van der Waals surface area contributed by atoms with Crippen LogP contribution in [0.15, 0.2) is 30.5 Å². The highest BCUT2D eigenvalue weighted by molar-refractivity contribution is 5.92. The highest BCUT2D eigenvalue weighted by Gasteiger charge is 2.25. The molecule has 0 bridgehead atoms. The summed E-state index contributed by atoms with van der Waals surface area (Å²) < 4.78 is 68.6. The Labute approximate surface area is 213 Å². The van der Waals surface area contributed by atoms with Crippen molar-refractivity contribution < 1.29 is 26.7 Å². The Morgan fingerprint density at radius 1 is 0.919 bits per heavy atom. The van der Waals surface area contributed by atoms with E-state index in [4.69, 9.17) is 0 Å². The van der Waals surface area contributed by atoms with E-state index < -0.39 is 46.7 Å². The van der Waals surface area contributed by atoms with Gasteiger partial charge in [0.05, 0.1) is 24.0 Å². The molecule has 1 aliphatic carbocycles. The Morgan fingerprint density at radius 2 is 1.54 bits per heavy atom. The number of carbonyl (C=O) groups excluding carboxylic acids is 1. The van der Waals surface area contributed by atoms with Crippen LogP contribution in [0.4, 0.5) is 27.8 Å². The Bertz CT molecular complexity index is 1210. The van der Waals surface area contributed by atoms with Gasteiger partial charge in [-0.1, -0.05) is 46.0 Å². The largest absolute Gasteiger partial charge is 0.309 e. The molecular formula is C28H30F5N3O. The highest BCUT2D eigenvalue weighted by Crippen LogP contribution is 2.30. The van der Waals surface area contributed by atoms with Gasteiger partial charge >= 0.3 is 0 Å². The predicted octanol–water partition coefficient (Wildman–Crippen LogP) is 7.48. The lowest BCUT2D eigenvalue weighted by Gasteiger charge is -2.22. The maximum Gasteiger partial charge on any atom is 0.230 e. The number of carbonyl (C=O) groups is 1. The van der Waals surface area contributed by atoms with Crippen molar-refractivity contribution in [3.05, 3.63) is 76.4 Å². The number of aromatic nitrogens is 2. The van der Waals surface area contributed by atoms with Crippen molar-refractivity contribution in [1.29, 1.82) is 0 Å². The smallest absolute Gasteiger partial charge is 0.230 e. The quantitative estimate of drug-likeness (QED) is 0.209. The van der Waals surface area contributed by atoms with Gasteiger partial charge in [-0.3, -0.25) is 4.79 Å². The van der Waals surface area contributed by atoms with Crippen LogP contribution in [0.25, 0.3) is 11.3 Å². The fourth-order valence-corrected chi connectivity index (χ4v) is 4.43. The van der Waals surface area contributed by atoms with E-state index >= 15 is 0 Å². The Morgan fingerprint density at radius 3 is 2.19 bits per heavy atom. The predicted molar refractivity (Wildman–Crippen MR) is 132 cm³/mol. The summed E-state index contributed by atoms with van der Waals surface area (Å²) in [5, 5.41) is 2.57. The molecule has 0 unspecified atom stereocenters. The van der Waals surface area contributed by atoms with Crippen LogP contribution in [-0.4, -0.2) is 15.9 Å². The van der Waals surface area contributed by atoms with E-state index in [-0.39, 0.29) is 11.6 Å². The van der Waals surface area contributed by atoms with Crippen LogP contribution in [0.1, 0.15) is 62.8 Å². The zero-order valence-corrected chi connectivity index (χ0v) is 21.1. The molecule has 198 valence electrons. The highest BCUT2D eigenvalue weighted by atomic mass is 19.2. The minimum Gasteiger partial charge on any atom is -0.309 e. The minimum absolute atomic E-state index is 0.160. The summed E-state index contributed by atoms with van der Waals surface area (Å²) in [4.78, 5) is 21.7. The first-order valence-electron chi connectivity index (χ1n) is 12.5. The first-order chi connectivity index (χ1) is 17.7. The third kappa shape index (κ3) is 6.70. The van der Waals surface area contributed by atoms with Gasteiger partial charge in [0.25, 0.3) is 0 Å². The molecule has 4 rings (SSSR count). The number of benzene rings is 2. The molecule has 0 atom stereocenters. The van der Waals surface area contributed by atoms with Gasteiger partial charge in [0.2, 0.25) is 5.91 Å². The second-order valence-corrected chi connectivity index (χ2v) is 8.85. The number of nitrogens with zero attached hydrogens (tertiary/aromatic N) is 2. The molecule has 2 aromatic carbocycles. The first kappa shape index (κ1) is 28.2. The van der Waals surface area contributed by atoms with Crippen LogP contribution < -0.4 is 5.32 Å². The number of amides is 1. The average Bonchev–Trinajstić information content (AvgIpc) is 2.92. The summed E-state index contributed by atoms with van der Waals surface area (Å²) >= 11 is 0. The van der Waals surface area contributed by atoms with Crippen molar-refractivity contribution in [2.24, 2.45) is 5.92 Å². The van der Waals surface area contributed by atoms with E-state index in [1.807, 2.05) is 13.8 Å². The zero-order chi connectivity index (χ0) is 27.1. The lowest BCUT2D eigenvalue weighted by atomic mass is 9.86. The summed E-state index contributed by atoms with van der Waals surface area (Å²) in [5.41, 5.74) is 0.621. The van der Waals surface area contributed by atoms with E-state index in [2.05, 4.69) is 15.3 Å². The third-order valence-electron chi connectivity index (χ3n) is 6.41. The van der Waals surface area contributed by atoms with Crippen LogP contribution in [0.3, 0.4) is 0 Å². The lowest BCUT2D eigenvalue weighted by Crippen LogP contribution is -2.21. The number of halogens is 5. The van der Waals surface area contributed by atoms with Crippen molar-refractivity contribution in [2.75, 3.05) is 5.32 Å². The molecule has 1 aliphatic rings. The molecule has 1 N–H and O–H groups in total. The Balaban J connectivity index is 0.00000186. The minimum atomic E-state index is -1.96. The van der Waals surface area contributed by atoms with Gasteiger partial charge in [-0.05, 0) is 49.1 Å². The normalized spacial score (nSPS) is 13.6. The van der Waals surface area contributed by atoms with Crippen LogP contribution >= 0.6 is 0 Å². The Kier molecular flexibility index (Phi) is 9.72. The molecular weight excluding hydrogens is 489 g/mol. The topological polar surface area (TPSA) is 54.9 Å². The standard InChI is InChI=1S/C26H24F5N3O.C2H6/c1-14-18(23(29)25(31)24(30)22(14)28)12-21(35)34-26-19(11-15-5-3-2-4-6-15)33-20(13-32-26)16-7-9-17(27)10-8-16;1-2/h7-10,13,15H,2-6,11-12H2,1H3,(H,32,34,35);1-2H3. The van der Waals surface area contributed by atoms with Crippen LogP contribution in [-0.2, 0) is 17.6 Å². The molecule has 0 aliphatic heterocycles. The van der Waals surface area contributed by atoms with Gasteiger partial charge in [-0.25, -0.2) is 31.9 Å². The van der Waals surface area contributed by atoms with Gasteiger partial charge in [0, 0.05) is 11.1 Å². The fourth-order valence-electron chi connectivity index (χ4n) is 4.43. The molecule has 0 radical (unpaired) electrons. The SMILES string of the molecule is CC.Cc1c(F)c(F)c(F)c(F)c1CC(=O)Nc1ncc(-c2ccc(F)cc2)nc1CC1CCCCC1. The van der Waals surface area contributed by atoms with E-state index in [9.17, 15) is 26.7 Å². The van der Waals surface area contributed by atoms with Gasteiger partial charge < -0.3 is 5.32 Å².